The molecule has 100 valence electrons. The largest absolute Gasteiger partial charge is 0.316 e. The molecule has 3 rings (SSSR count). The molecule has 0 aromatic heterocycles. The normalized spacial score (nSPS) is 23.6. The Bertz CT molecular complexity index is 544. The van der Waals surface area contributed by atoms with E-state index in [1.165, 1.54) is 22.8 Å². The van der Waals surface area contributed by atoms with Gasteiger partial charge in [0.15, 0.2) is 0 Å². The zero-order valence-electron chi connectivity index (χ0n) is 11.5. The van der Waals surface area contributed by atoms with Gasteiger partial charge in [0.05, 0.1) is 0 Å². The SMILES string of the molecule is CC1CNCCC1NCc1cccc2ccccc12. The Labute approximate surface area is 115 Å². The van der Waals surface area contributed by atoms with Crippen molar-refractivity contribution in [3.05, 3.63) is 48.0 Å². The van der Waals surface area contributed by atoms with Crippen molar-refractivity contribution < 1.29 is 0 Å². The van der Waals surface area contributed by atoms with Gasteiger partial charge in [0.25, 0.3) is 0 Å². The number of nitrogens with one attached hydrogen (secondary N) is 2. The van der Waals surface area contributed by atoms with Gasteiger partial charge in [-0.05, 0) is 41.8 Å². The molecule has 0 amide bonds. The fraction of sp³-hybridized carbons (Fsp3) is 0.412. The third kappa shape index (κ3) is 2.80. The van der Waals surface area contributed by atoms with E-state index in [1.807, 2.05) is 0 Å². The molecule has 1 aliphatic rings. The summed E-state index contributed by atoms with van der Waals surface area (Å²) in [6.45, 7) is 5.56. The number of piperidine rings is 1. The maximum absolute atomic E-state index is 3.74. The van der Waals surface area contributed by atoms with Crippen molar-refractivity contribution in [2.24, 2.45) is 5.92 Å². The lowest BCUT2D eigenvalue weighted by Crippen LogP contribution is -2.46. The van der Waals surface area contributed by atoms with Crippen LogP contribution < -0.4 is 10.6 Å². The van der Waals surface area contributed by atoms with Crippen molar-refractivity contribution in [3.8, 4) is 0 Å². The Morgan fingerprint density at radius 3 is 2.89 bits per heavy atom. The smallest absolute Gasteiger partial charge is 0.0214 e. The maximum atomic E-state index is 3.74. The highest BCUT2D eigenvalue weighted by Crippen LogP contribution is 2.19. The fourth-order valence-corrected chi connectivity index (χ4v) is 3.01. The molecule has 1 aliphatic heterocycles. The molecule has 0 radical (unpaired) electrons. The van der Waals surface area contributed by atoms with Crippen LogP contribution in [0.4, 0.5) is 0 Å². The van der Waals surface area contributed by atoms with Crippen LogP contribution in [0.2, 0.25) is 0 Å². The number of benzene rings is 2. The summed E-state index contributed by atoms with van der Waals surface area (Å²) in [7, 11) is 0. The molecular formula is C17H22N2. The molecule has 1 saturated heterocycles. The van der Waals surface area contributed by atoms with Crippen LogP contribution in [0.25, 0.3) is 10.8 Å². The molecule has 2 nitrogen and oxygen atoms in total. The Morgan fingerprint density at radius 2 is 2.00 bits per heavy atom. The second-order valence-electron chi connectivity index (χ2n) is 5.60. The van der Waals surface area contributed by atoms with E-state index < -0.39 is 0 Å². The molecule has 0 bridgehead atoms. The highest BCUT2D eigenvalue weighted by atomic mass is 15.0. The Kier molecular flexibility index (Phi) is 3.81. The lowest BCUT2D eigenvalue weighted by atomic mass is 9.95. The molecule has 0 spiro atoms. The predicted molar refractivity (Wildman–Crippen MR) is 81.2 cm³/mol. The van der Waals surface area contributed by atoms with Gasteiger partial charge in [-0.25, -0.2) is 0 Å². The minimum Gasteiger partial charge on any atom is -0.316 e. The third-order valence-corrected chi connectivity index (χ3v) is 4.22. The maximum Gasteiger partial charge on any atom is 0.0214 e. The zero-order valence-corrected chi connectivity index (χ0v) is 11.5. The minimum absolute atomic E-state index is 0.639. The van der Waals surface area contributed by atoms with Crippen LogP contribution in [-0.4, -0.2) is 19.1 Å². The van der Waals surface area contributed by atoms with E-state index >= 15 is 0 Å². The summed E-state index contributed by atoms with van der Waals surface area (Å²) in [6, 6.07) is 15.9. The lowest BCUT2D eigenvalue weighted by molar-refractivity contribution is 0.296. The first-order chi connectivity index (χ1) is 9.34. The number of rotatable bonds is 3. The van der Waals surface area contributed by atoms with Crippen LogP contribution in [0.5, 0.6) is 0 Å². The van der Waals surface area contributed by atoms with Gasteiger partial charge in [-0.15, -0.1) is 0 Å². The molecule has 19 heavy (non-hydrogen) atoms. The van der Waals surface area contributed by atoms with Crippen molar-refractivity contribution in [3.63, 3.8) is 0 Å². The van der Waals surface area contributed by atoms with Crippen LogP contribution >= 0.6 is 0 Å². The standard InChI is InChI=1S/C17H22N2/c1-13-11-18-10-9-17(13)19-12-15-7-4-6-14-5-2-3-8-16(14)15/h2-8,13,17-19H,9-12H2,1H3. The molecule has 2 aromatic carbocycles. The van der Waals surface area contributed by atoms with Crippen LogP contribution in [0.1, 0.15) is 18.9 Å². The van der Waals surface area contributed by atoms with Crippen LogP contribution in [0, 0.1) is 5.92 Å². The molecule has 0 saturated carbocycles. The molecule has 2 aromatic rings. The van der Waals surface area contributed by atoms with E-state index in [-0.39, 0.29) is 0 Å². The second kappa shape index (κ2) is 5.72. The molecule has 2 atom stereocenters. The average Bonchev–Trinajstić information content (AvgIpc) is 2.46. The monoisotopic (exact) mass is 254 g/mol. The van der Waals surface area contributed by atoms with Gasteiger partial charge in [0.2, 0.25) is 0 Å². The Hall–Kier alpha value is -1.38. The predicted octanol–water partition coefficient (Wildman–Crippen LogP) is 2.93. The molecule has 2 heteroatoms. The highest BCUT2D eigenvalue weighted by molar-refractivity contribution is 5.85. The van der Waals surface area contributed by atoms with E-state index in [9.17, 15) is 0 Å². The van der Waals surface area contributed by atoms with Gasteiger partial charge in [-0.2, -0.15) is 0 Å². The van der Waals surface area contributed by atoms with E-state index in [0.717, 1.165) is 19.6 Å². The summed E-state index contributed by atoms with van der Waals surface area (Å²) in [6.07, 6.45) is 1.23. The van der Waals surface area contributed by atoms with E-state index in [0.29, 0.717) is 12.0 Å². The molecule has 1 fully saturated rings. The van der Waals surface area contributed by atoms with Crippen molar-refractivity contribution in [1.82, 2.24) is 10.6 Å². The Morgan fingerprint density at radius 1 is 1.16 bits per heavy atom. The summed E-state index contributed by atoms with van der Waals surface area (Å²) < 4.78 is 0. The Balaban J connectivity index is 1.74. The van der Waals surface area contributed by atoms with E-state index in [4.69, 9.17) is 0 Å². The first kappa shape index (κ1) is 12.6. The van der Waals surface area contributed by atoms with Crippen molar-refractivity contribution >= 4 is 10.8 Å². The quantitative estimate of drug-likeness (QED) is 0.880. The summed E-state index contributed by atoms with van der Waals surface area (Å²) in [5.41, 5.74) is 1.41. The van der Waals surface area contributed by atoms with Gasteiger partial charge in [0.1, 0.15) is 0 Å². The average molecular weight is 254 g/mol. The summed E-state index contributed by atoms with van der Waals surface area (Å²) in [4.78, 5) is 0. The van der Waals surface area contributed by atoms with Crippen LogP contribution in [0.15, 0.2) is 42.5 Å². The van der Waals surface area contributed by atoms with Crippen molar-refractivity contribution in [1.29, 1.82) is 0 Å². The summed E-state index contributed by atoms with van der Waals surface area (Å²) in [5, 5.41) is 9.90. The number of hydrogen-bond donors (Lipinski definition) is 2. The lowest BCUT2D eigenvalue weighted by Gasteiger charge is -2.30. The molecule has 2 unspecified atom stereocenters. The van der Waals surface area contributed by atoms with Crippen LogP contribution in [-0.2, 0) is 6.54 Å². The molecule has 0 aliphatic carbocycles. The van der Waals surface area contributed by atoms with Crippen LogP contribution in [0.3, 0.4) is 0 Å². The van der Waals surface area contributed by atoms with Crippen molar-refractivity contribution in [2.45, 2.75) is 25.9 Å². The number of fused-ring (bicyclic) bond motifs is 1. The minimum atomic E-state index is 0.639. The number of hydrogen-bond acceptors (Lipinski definition) is 2. The molecule has 2 N–H and O–H groups in total. The van der Waals surface area contributed by atoms with Gasteiger partial charge in [-0.3, -0.25) is 0 Å². The highest BCUT2D eigenvalue weighted by Gasteiger charge is 2.20. The zero-order chi connectivity index (χ0) is 13.1. The first-order valence-electron chi connectivity index (χ1n) is 7.25. The fourth-order valence-electron chi connectivity index (χ4n) is 3.01. The first-order valence-corrected chi connectivity index (χ1v) is 7.25. The molecular weight excluding hydrogens is 232 g/mol. The van der Waals surface area contributed by atoms with Gasteiger partial charge >= 0.3 is 0 Å². The summed E-state index contributed by atoms with van der Waals surface area (Å²) >= 11 is 0. The third-order valence-electron chi connectivity index (χ3n) is 4.22. The van der Waals surface area contributed by atoms with Gasteiger partial charge in [0, 0.05) is 12.6 Å². The second-order valence-corrected chi connectivity index (χ2v) is 5.60. The molecule has 1 heterocycles. The van der Waals surface area contributed by atoms with Crippen molar-refractivity contribution in [2.75, 3.05) is 13.1 Å². The van der Waals surface area contributed by atoms with Gasteiger partial charge in [-0.1, -0.05) is 49.4 Å². The van der Waals surface area contributed by atoms with E-state index in [1.54, 1.807) is 0 Å². The van der Waals surface area contributed by atoms with E-state index in [2.05, 4.69) is 60.0 Å². The van der Waals surface area contributed by atoms with Gasteiger partial charge < -0.3 is 10.6 Å². The summed E-state index contributed by atoms with van der Waals surface area (Å²) in [5.74, 6) is 0.712. The topological polar surface area (TPSA) is 24.1 Å².